The molecule has 7 nitrogen and oxygen atoms in total. The summed E-state index contributed by atoms with van der Waals surface area (Å²) in [6.45, 7) is 1.96. The van der Waals surface area contributed by atoms with Crippen LogP contribution in [-0.4, -0.2) is 33.4 Å². The Hall–Kier alpha value is -1.91. The number of sulfonamides is 1. The molecule has 2 rings (SSSR count). The summed E-state index contributed by atoms with van der Waals surface area (Å²) in [6.07, 6.45) is 0.767. The molecule has 0 unspecified atom stereocenters. The Kier molecular flexibility index (Phi) is 7.18. The molecule has 10 heteroatoms. The second kappa shape index (κ2) is 9.15. The van der Waals surface area contributed by atoms with Crippen LogP contribution in [0.4, 0.5) is 5.69 Å². The first-order valence-corrected chi connectivity index (χ1v) is 10.7. The molecule has 0 atom stereocenters. The molecule has 0 bridgehead atoms. The zero-order chi connectivity index (χ0) is 19.2. The van der Waals surface area contributed by atoms with E-state index >= 15 is 0 Å². The number of esters is 1. The predicted octanol–water partition coefficient (Wildman–Crippen LogP) is 2.99. The van der Waals surface area contributed by atoms with Gasteiger partial charge in [-0.3, -0.25) is 9.52 Å². The van der Waals surface area contributed by atoms with E-state index in [1.165, 1.54) is 18.2 Å². The van der Waals surface area contributed by atoms with Crippen molar-refractivity contribution in [3.8, 4) is 0 Å². The zero-order valence-corrected chi connectivity index (χ0v) is 17.0. The minimum atomic E-state index is -3.84. The molecule has 0 radical (unpaired) electrons. The molecule has 0 saturated heterocycles. The van der Waals surface area contributed by atoms with E-state index in [1.807, 2.05) is 6.92 Å². The number of amides is 1. The first-order chi connectivity index (χ1) is 12.3. The normalized spacial score (nSPS) is 11.0. The standard InChI is InChI=1S/C16H17BrN2O5S2/c1-2-9-18-14(20)10-24-16(21)11-5-3-4-6-12(11)19-26(22,23)15-8-7-13(17)25-15/h3-8,19H,2,9-10H2,1H3,(H,18,20). The summed E-state index contributed by atoms with van der Waals surface area (Å²) in [4.78, 5) is 23.8. The Balaban J connectivity index is 2.12. The third-order valence-corrected chi connectivity index (χ3v) is 6.59. The summed E-state index contributed by atoms with van der Waals surface area (Å²) in [5.74, 6) is -1.20. The maximum Gasteiger partial charge on any atom is 0.340 e. The Morgan fingerprint density at radius 2 is 1.92 bits per heavy atom. The van der Waals surface area contributed by atoms with Crippen molar-refractivity contribution in [3.05, 3.63) is 45.7 Å². The summed E-state index contributed by atoms with van der Waals surface area (Å²) in [7, 11) is -3.84. The van der Waals surface area contributed by atoms with Crippen molar-refractivity contribution in [2.24, 2.45) is 0 Å². The Bertz CT molecular complexity index is 896. The molecule has 1 heterocycles. The van der Waals surface area contributed by atoms with Gasteiger partial charge in [0.25, 0.3) is 15.9 Å². The number of hydrogen-bond acceptors (Lipinski definition) is 6. The largest absolute Gasteiger partial charge is 0.452 e. The fourth-order valence-electron chi connectivity index (χ4n) is 1.91. The van der Waals surface area contributed by atoms with Crippen LogP contribution < -0.4 is 10.0 Å². The van der Waals surface area contributed by atoms with Crippen LogP contribution in [0.15, 0.2) is 44.4 Å². The van der Waals surface area contributed by atoms with E-state index in [0.29, 0.717) is 10.3 Å². The van der Waals surface area contributed by atoms with E-state index in [9.17, 15) is 18.0 Å². The Labute approximate surface area is 163 Å². The van der Waals surface area contributed by atoms with Crippen LogP contribution in [0.1, 0.15) is 23.7 Å². The van der Waals surface area contributed by atoms with Crippen LogP contribution >= 0.6 is 27.3 Å². The molecule has 140 valence electrons. The molecular formula is C16H17BrN2O5S2. The number of ether oxygens (including phenoxy) is 1. The molecule has 0 saturated carbocycles. The predicted molar refractivity (Wildman–Crippen MR) is 103 cm³/mol. The van der Waals surface area contributed by atoms with Gasteiger partial charge in [-0.05, 0) is 46.6 Å². The summed E-state index contributed by atoms with van der Waals surface area (Å²) < 4.78 is 33.0. The smallest absolute Gasteiger partial charge is 0.340 e. The maximum absolute atomic E-state index is 12.4. The van der Waals surface area contributed by atoms with Crippen LogP contribution in [0, 0.1) is 0 Å². The zero-order valence-electron chi connectivity index (χ0n) is 13.8. The van der Waals surface area contributed by atoms with Gasteiger partial charge in [0.2, 0.25) is 0 Å². The second-order valence-corrected chi connectivity index (χ2v) is 9.51. The number of para-hydroxylation sites is 1. The third-order valence-electron chi connectivity index (χ3n) is 3.11. The van der Waals surface area contributed by atoms with Gasteiger partial charge in [0.15, 0.2) is 6.61 Å². The van der Waals surface area contributed by atoms with Gasteiger partial charge in [-0.15, -0.1) is 11.3 Å². The van der Waals surface area contributed by atoms with E-state index in [2.05, 4.69) is 26.0 Å². The van der Waals surface area contributed by atoms with Crippen molar-refractivity contribution in [2.75, 3.05) is 17.9 Å². The van der Waals surface area contributed by atoms with E-state index in [4.69, 9.17) is 4.74 Å². The molecule has 1 amide bonds. The maximum atomic E-state index is 12.4. The van der Waals surface area contributed by atoms with E-state index < -0.39 is 28.5 Å². The molecule has 1 aromatic carbocycles. The van der Waals surface area contributed by atoms with Crippen LogP contribution in [0.3, 0.4) is 0 Å². The number of halogens is 1. The lowest BCUT2D eigenvalue weighted by Gasteiger charge is -2.11. The fourth-order valence-corrected chi connectivity index (χ4v) is 5.00. The highest BCUT2D eigenvalue weighted by Crippen LogP contribution is 2.28. The van der Waals surface area contributed by atoms with Crippen molar-refractivity contribution in [1.82, 2.24) is 5.32 Å². The second-order valence-electron chi connectivity index (χ2n) is 5.14. The highest BCUT2D eigenvalue weighted by Gasteiger charge is 2.21. The van der Waals surface area contributed by atoms with Crippen molar-refractivity contribution in [1.29, 1.82) is 0 Å². The van der Waals surface area contributed by atoms with E-state index in [0.717, 1.165) is 17.8 Å². The van der Waals surface area contributed by atoms with Gasteiger partial charge < -0.3 is 10.1 Å². The lowest BCUT2D eigenvalue weighted by molar-refractivity contribution is -0.124. The first-order valence-electron chi connectivity index (χ1n) is 7.64. The van der Waals surface area contributed by atoms with Crippen LogP contribution in [0.5, 0.6) is 0 Å². The minimum Gasteiger partial charge on any atom is -0.452 e. The number of thiophene rings is 1. The average molecular weight is 461 g/mol. The number of carbonyl (C=O) groups is 2. The number of hydrogen-bond donors (Lipinski definition) is 2. The number of benzene rings is 1. The van der Waals surface area contributed by atoms with Gasteiger partial charge in [-0.1, -0.05) is 19.1 Å². The lowest BCUT2D eigenvalue weighted by Crippen LogP contribution is -2.29. The highest BCUT2D eigenvalue weighted by atomic mass is 79.9. The molecule has 0 fully saturated rings. The van der Waals surface area contributed by atoms with Crippen molar-refractivity contribution < 1.29 is 22.7 Å². The minimum absolute atomic E-state index is 0.0231. The van der Waals surface area contributed by atoms with Crippen LogP contribution in [0.2, 0.25) is 0 Å². The third kappa shape index (κ3) is 5.55. The van der Waals surface area contributed by atoms with Crippen molar-refractivity contribution in [3.63, 3.8) is 0 Å². The summed E-state index contributed by atoms with van der Waals surface area (Å²) >= 11 is 4.26. The van der Waals surface area contributed by atoms with Crippen molar-refractivity contribution >= 4 is 54.9 Å². The molecule has 1 aromatic heterocycles. The molecule has 2 N–H and O–H groups in total. The molecule has 2 aromatic rings. The number of carbonyl (C=O) groups excluding carboxylic acids is 2. The van der Waals surface area contributed by atoms with Crippen LogP contribution in [-0.2, 0) is 19.6 Å². The molecule has 0 aliphatic carbocycles. The van der Waals surface area contributed by atoms with E-state index in [-0.39, 0.29) is 15.5 Å². The van der Waals surface area contributed by atoms with Gasteiger partial charge in [0.05, 0.1) is 15.0 Å². The molecular weight excluding hydrogens is 444 g/mol. The molecule has 0 spiro atoms. The van der Waals surface area contributed by atoms with Crippen LogP contribution in [0.25, 0.3) is 0 Å². The number of rotatable bonds is 8. The lowest BCUT2D eigenvalue weighted by atomic mass is 10.2. The highest BCUT2D eigenvalue weighted by molar-refractivity contribution is 9.11. The van der Waals surface area contributed by atoms with Gasteiger partial charge >= 0.3 is 5.97 Å². The van der Waals surface area contributed by atoms with Gasteiger partial charge in [0, 0.05) is 6.54 Å². The summed E-state index contributed by atoms with van der Waals surface area (Å²) in [5, 5.41) is 2.59. The SMILES string of the molecule is CCCNC(=O)COC(=O)c1ccccc1NS(=O)(=O)c1ccc(Br)s1. The number of nitrogens with one attached hydrogen (secondary N) is 2. The summed E-state index contributed by atoms with van der Waals surface area (Å²) in [6, 6.07) is 9.12. The van der Waals surface area contributed by atoms with Gasteiger partial charge in [-0.25, -0.2) is 13.2 Å². The quantitative estimate of drug-likeness (QED) is 0.589. The average Bonchev–Trinajstić information content (AvgIpc) is 3.05. The molecule has 0 aliphatic heterocycles. The van der Waals surface area contributed by atoms with Crippen molar-refractivity contribution in [2.45, 2.75) is 17.6 Å². The Morgan fingerprint density at radius 3 is 2.58 bits per heavy atom. The summed E-state index contributed by atoms with van der Waals surface area (Å²) in [5.41, 5.74) is 0.103. The molecule has 26 heavy (non-hydrogen) atoms. The first kappa shape index (κ1) is 20.4. The van der Waals surface area contributed by atoms with Gasteiger partial charge in [-0.2, -0.15) is 0 Å². The monoisotopic (exact) mass is 460 g/mol. The molecule has 0 aliphatic rings. The fraction of sp³-hybridized carbons (Fsp3) is 0.250. The number of anilines is 1. The van der Waals surface area contributed by atoms with E-state index in [1.54, 1.807) is 18.2 Å². The topological polar surface area (TPSA) is 102 Å². The Morgan fingerprint density at radius 1 is 1.19 bits per heavy atom. The van der Waals surface area contributed by atoms with Gasteiger partial charge in [0.1, 0.15) is 4.21 Å².